The Bertz CT molecular complexity index is 695. The van der Waals surface area contributed by atoms with Gasteiger partial charge in [0.1, 0.15) is 12.4 Å². The molecule has 24 heavy (non-hydrogen) atoms. The monoisotopic (exact) mass is 327 g/mol. The van der Waals surface area contributed by atoms with Crippen molar-refractivity contribution in [2.24, 2.45) is 0 Å². The number of hydrogen-bond donors (Lipinski definition) is 2. The third-order valence-corrected chi connectivity index (χ3v) is 3.53. The van der Waals surface area contributed by atoms with E-state index in [4.69, 9.17) is 9.84 Å². The average molecular weight is 327 g/mol. The van der Waals surface area contributed by atoms with Crippen molar-refractivity contribution in [3.63, 3.8) is 0 Å². The van der Waals surface area contributed by atoms with E-state index in [2.05, 4.69) is 5.32 Å². The molecule has 2 aromatic rings. The van der Waals surface area contributed by atoms with Gasteiger partial charge in [-0.25, -0.2) is 0 Å². The Kier molecular flexibility index (Phi) is 6.37. The number of ether oxygens (including phenoxy) is 1. The number of nitrogens with one attached hydrogen (secondary N) is 1. The number of carboxylic acid groups (broad SMARTS) is 1. The van der Waals surface area contributed by atoms with Crippen molar-refractivity contribution in [1.82, 2.24) is 5.32 Å². The highest BCUT2D eigenvalue weighted by molar-refractivity contribution is 5.80. The van der Waals surface area contributed by atoms with Gasteiger partial charge in [-0.05, 0) is 18.6 Å². The van der Waals surface area contributed by atoms with E-state index in [-0.39, 0.29) is 18.7 Å². The Labute approximate surface area is 141 Å². The lowest BCUT2D eigenvalue weighted by Gasteiger charge is -2.12. The first kappa shape index (κ1) is 17.5. The Morgan fingerprint density at radius 3 is 2.46 bits per heavy atom. The third kappa shape index (κ3) is 5.76. The number of carbonyl (C=O) groups excluding carboxylic acids is 1. The minimum atomic E-state index is -0.980. The number of benzene rings is 2. The lowest BCUT2D eigenvalue weighted by Crippen LogP contribution is -2.23. The molecule has 0 heterocycles. The lowest BCUT2D eigenvalue weighted by atomic mass is 10.1. The van der Waals surface area contributed by atoms with Crippen LogP contribution in [0.5, 0.6) is 5.75 Å². The summed E-state index contributed by atoms with van der Waals surface area (Å²) in [7, 11) is 0. The highest BCUT2D eigenvalue weighted by Crippen LogP contribution is 2.19. The number of rotatable bonds is 8. The van der Waals surface area contributed by atoms with Crippen molar-refractivity contribution in [3.05, 3.63) is 65.2 Å². The Hall–Kier alpha value is -2.82. The van der Waals surface area contributed by atoms with Crippen LogP contribution >= 0.6 is 0 Å². The highest BCUT2D eigenvalue weighted by atomic mass is 16.5. The van der Waals surface area contributed by atoms with Crippen LogP contribution in [0.25, 0.3) is 0 Å². The van der Waals surface area contributed by atoms with E-state index in [0.29, 0.717) is 18.9 Å². The number of carboxylic acids is 1. The van der Waals surface area contributed by atoms with Gasteiger partial charge in [-0.1, -0.05) is 48.0 Å². The molecule has 2 aromatic carbocycles. The molecule has 0 aromatic heterocycles. The van der Waals surface area contributed by atoms with Gasteiger partial charge in [0.2, 0.25) is 5.91 Å². The zero-order valence-electron chi connectivity index (χ0n) is 13.6. The Morgan fingerprint density at radius 2 is 1.75 bits per heavy atom. The highest BCUT2D eigenvalue weighted by Gasteiger charge is 2.08. The summed E-state index contributed by atoms with van der Waals surface area (Å²) < 4.78 is 5.85. The fourth-order valence-electron chi connectivity index (χ4n) is 2.14. The van der Waals surface area contributed by atoms with Crippen molar-refractivity contribution in [1.29, 1.82) is 0 Å². The summed E-state index contributed by atoms with van der Waals surface area (Å²) >= 11 is 0. The van der Waals surface area contributed by atoms with Gasteiger partial charge in [0.25, 0.3) is 0 Å². The average Bonchev–Trinajstić information content (AvgIpc) is 2.58. The number of aryl methyl sites for hydroxylation is 1. The molecule has 0 fully saturated rings. The maximum absolute atomic E-state index is 11.6. The third-order valence-electron chi connectivity index (χ3n) is 3.53. The molecule has 0 radical (unpaired) electrons. The number of amides is 1. The summed E-state index contributed by atoms with van der Waals surface area (Å²) in [5.74, 6) is -0.561. The number of aliphatic carboxylic acids is 1. The molecule has 0 unspecified atom stereocenters. The molecule has 2 rings (SSSR count). The smallest absolute Gasteiger partial charge is 0.303 e. The van der Waals surface area contributed by atoms with Crippen molar-refractivity contribution in [2.45, 2.75) is 32.9 Å². The lowest BCUT2D eigenvalue weighted by molar-refractivity contribution is -0.138. The van der Waals surface area contributed by atoms with Crippen LogP contribution in [-0.4, -0.2) is 17.0 Å². The van der Waals surface area contributed by atoms with Crippen molar-refractivity contribution < 1.29 is 19.4 Å². The fraction of sp³-hybridized carbons (Fsp3) is 0.263. The summed E-state index contributed by atoms with van der Waals surface area (Å²) in [4.78, 5) is 22.1. The molecule has 2 N–H and O–H groups in total. The van der Waals surface area contributed by atoms with Crippen LogP contribution in [0.15, 0.2) is 48.5 Å². The SMILES string of the molecule is Cc1ccc(COc2ccccc2CNC(=O)CCC(=O)O)cc1. The quantitative estimate of drug-likeness (QED) is 0.781. The molecule has 0 spiro atoms. The molecule has 0 aliphatic carbocycles. The summed E-state index contributed by atoms with van der Waals surface area (Å²) in [6.07, 6.45) is -0.195. The van der Waals surface area contributed by atoms with Crippen molar-refractivity contribution in [3.8, 4) is 5.75 Å². The standard InChI is InChI=1S/C19H21NO4/c1-14-6-8-15(9-7-14)13-24-17-5-3-2-4-16(17)12-20-18(21)10-11-19(22)23/h2-9H,10-13H2,1H3,(H,20,21)(H,22,23). The molecule has 0 aliphatic heterocycles. The van der Waals surface area contributed by atoms with Gasteiger partial charge in [-0.2, -0.15) is 0 Å². The molecule has 5 nitrogen and oxygen atoms in total. The Balaban J connectivity index is 1.90. The summed E-state index contributed by atoms with van der Waals surface area (Å²) in [5.41, 5.74) is 3.12. The van der Waals surface area contributed by atoms with E-state index >= 15 is 0 Å². The van der Waals surface area contributed by atoms with Crippen molar-refractivity contribution >= 4 is 11.9 Å². The van der Waals surface area contributed by atoms with Gasteiger partial charge in [-0.15, -0.1) is 0 Å². The van der Waals surface area contributed by atoms with Crippen LogP contribution in [-0.2, 0) is 22.7 Å². The zero-order valence-corrected chi connectivity index (χ0v) is 13.6. The van der Waals surface area contributed by atoms with Crippen molar-refractivity contribution in [2.75, 3.05) is 0 Å². The normalized spacial score (nSPS) is 10.2. The molecular weight excluding hydrogens is 306 g/mol. The van der Waals surface area contributed by atoms with Gasteiger partial charge in [0.05, 0.1) is 6.42 Å². The Morgan fingerprint density at radius 1 is 1.04 bits per heavy atom. The van der Waals surface area contributed by atoms with E-state index in [9.17, 15) is 9.59 Å². The fourth-order valence-corrected chi connectivity index (χ4v) is 2.14. The predicted molar refractivity (Wildman–Crippen MR) is 90.7 cm³/mol. The molecule has 126 valence electrons. The summed E-state index contributed by atoms with van der Waals surface area (Å²) in [6, 6.07) is 15.6. The maximum atomic E-state index is 11.6. The first-order valence-corrected chi connectivity index (χ1v) is 7.79. The molecule has 0 saturated carbocycles. The topological polar surface area (TPSA) is 75.6 Å². The second kappa shape index (κ2) is 8.72. The maximum Gasteiger partial charge on any atom is 0.303 e. The van der Waals surface area contributed by atoms with Crippen LogP contribution < -0.4 is 10.1 Å². The second-order valence-corrected chi connectivity index (χ2v) is 5.55. The first-order chi connectivity index (χ1) is 11.5. The van der Waals surface area contributed by atoms with E-state index in [0.717, 1.165) is 11.1 Å². The van der Waals surface area contributed by atoms with Gasteiger partial charge in [0, 0.05) is 18.5 Å². The van der Waals surface area contributed by atoms with Gasteiger partial charge in [-0.3, -0.25) is 9.59 Å². The van der Waals surface area contributed by atoms with Crippen LogP contribution in [0.3, 0.4) is 0 Å². The molecule has 0 saturated heterocycles. The van der Waals surface area contributed by atoms with E-state index < -0.39 is 5.97 Å². The predicted octanol–water partition coefficient (Wildman–Crippen LogP) is 3.06. The van der Waals surface area contributed by atoms with Crippen LogP contribution in [0.1, 0.15) is 29.5 Å². The van der Waals surface area contributed by atoms with Crippen LogP contribution in [0.2, 0.25) is 0 Å². The van der Waals surface area contributed by atoms with E-state index in [1.54, 1.807) is 0 Å². The minimum absolute atomic E-state index is 0.0261. The van der Waals surface area contributed by atoms with Gasteiger partial charge < -0.3 is 15.2 Å². The molecule has 0 aliphatic rings. The molecular formula is C19H21NO4. The first-order valence-electron chi connectivity index (χ1n) is 7.79. The zero-order chi connectivity index (χ0) is 17.4. The number of para-hydroxylation sites is 1. The number of hydrogen-bond acceptors (Lipinski definition) is 3. The second-order valence-electron chi connectivity index (χ2n) is 5.55. The van der Waals surface area contributed by atoms with Crippen LogP contribution in [0.4, 0.5) is 0 Å². The van der Waals surface area contributed by atoms with E-state index in [1.165, 1.54) is 5.56 Å². The molecule has 0 bridgehead atoms. The van der Waals surface area contributed by atoms with Gasteiger partial charge >= 0.3 is 5.97 Å². The van der Waals surface area contributed by atoms with E-state index in [1.807, 2.05) is 55.5 Å². The molecule has 1 amide bonds. The van der Waals surface area contributed by atoms with Gasteiger partial charge in [0.15, 0.2) is 0 Å². The summed E-state index contributed by atoms with van der Waals surface area (Å²) in [5, 5.41) is 11.3. The minimum Gasteiger partial charge on any atom is -0.489 e. The molecule has 5 heteroatoms. The van der Waals surface area contributed by atoms with Crippen LogP contribution in [0, 0.1) is 6.92 Å². The largest absolute Gasteiger partial charge is 0.489 e. The molecule has 0 atom stereocenters. The summed E-state index contributed by atoms with van der Waals surface area (Å²) in [6.45, 7) is 2.79. The number of carbonyl (C=O) groups is 2.